The van der Waals surface area contributed by atoms with Gasteiger partial charge in [-0.2, -0.15) is 0 Å². The average molecular weight is 344 g/mol. The average Bonchev–Trinajstić information content (AvgIpc) is 3.03. The second kappa shape index (κ2) is 6.20. The van der Waals surface area contributed by atoms with Crippen LogP contribution >= 0.6 is 0 Å². The zero-order valence-electron chi connectivity index (χ0n) is 12.5. The Bertz CT molecular complexity index is 983. The third kappa shape index (κ3) is 3.46. The Morgan fingerprint density at radius 1 is 1.12 bits per heavy atom. The van der Waals surface area contributed by atoms with Gasteiger partial charge in [0.15, 0.2) is 9.84 Å². The summed E-state index contributed by atoms with van der Waals surface area (Å²) < 4.78 is 28.5. The Morgan fingerprint density at radius 2 is 1.88 bits per heavy atom. The Kier molecular flexibility index (Phi) is 4.09. The normalized spacial score (nSPS) is 11.2. The number of nitrogens with one attached hydrogen (secondary N) is 1. The summed E-state index contributed by atoms with van der Waals surface area (Å²) in [6, 6.07) is 8.97. The molecule has 24 heavy (non-hydrogen) atoms. The molecule has 0 aliphatic rings. The molecule has 8 nitrogen and oxygen atoms in total. The van der Waals surface area contributed by atoms with Gasteiger partial charge in [-0.25, -0.2) is 8.42 Å². The highest BCUT2D eigenvalue weighted by Gasteiger charge is 2.15. The van der Waals surface area contributed by atoms with E-state index in [9.17, 15) is 13.2 Å². The van der Waals surface area contributed by atoms with Gasteiger partial charge in [0.1, 0.15) is 0 Å². The first-order valence-electron chi connectivity index (χ1n) is 6.79. The smallest absolute Gasteiger partial charge is 0.322 e. The van der Waals surface area contributed by atoms with E-state index in [2.05, 4.69) is 20.5 Å². The number of carbonyl (C=O) groups is 1. The van der Waals surface area contributed by atoms with Crippen LogP contribution in [-0.4, -0.2) is 35.8 Å². The quantitative estimate of drug-likeness (QED) is 0.767. The molecule has 0 spiro atoms. The fourth-order valence-electron chi connectivity index (χ4n) is 1.92. The maximum absolute atomic E-state index is 12.2. The number of aromatic nitrogens is 3. The first-order chi connectivity index (χ1) is 11.4. The standard InChI is InChI=1S/C15H12N4O4S/c1-24(21,22)12-4-2-3-11(9-12)13(20)17-15-19-18-14(23-15)10-5-7-16-8-6-10/h2-9H,1H3,(H,17,19,20). The van der Waals surface area contributed by atoms with Crippen LogP contribution in [0.1, 0.15) is 10.4 Å². The number of rotatable bonds is 4. The number of hydrogen-bond acceptors (Lipinski definition) is 7. The molecule has 0 aliphatic carbocycles. The van der Waals surface area contributed by atoms with Crippen molar-refractivity contribution in [1.29, 1.82) is 0 Å². The number of pyridine rings is 1. The highest BCUT2D eigenvalue weighted by Crippen LogP contribution is 2.19. The number of benzene rings is 1. The fraction of sp³-hybridized carbons (Fsp3) is 0.0667. The number of hydrogen-bond donors (Lipinski definition) is 1. The lowest BCUT2D eigenvalue weighted by atomic mass is 10.2. The topological polar surface area (TPSA) is 115 Å². The summed E-state index contributed by atoms with van der Waals surface area (Å²) in [6.07, 6.45) is 4.23. The molecular weight excluding hydrogens is 332 g/mol. The first-order valence-corrected chi connectivity index (χ1v) is 8.68. The number of nitrogens with zero attached hydrogens (tertiary/aromatic N) is 3. The monoisotopic (exact) mass is 344 g/mol. The second-order valence-corrected chi connectivity index (χ2v) is 6.92. The molecule has 0 unspecified atom stereocenters. The first kappa shape index (κ1) is 15.8. The van der Waals surface area contributed by atoms with Gasteiger partial charge in [-0.05, 0) is 30.3 Å². The van der Waals surface area contributed by atoms with E-state index in [1.54, 1.807) is 24.5 Å². The number of sulfone groups is 1. The maximum atomic E-state index is 12.2. The molecular formula is C15H12N4O4S. The Hall–Kier alpha value is -3.07. The van der Waals surface area contributed by atoms with Crippen LogP contribution in [0.2, 0.25) is 0 Å². The van der Waals surface area contributed by atoms with E-state index < -0.39 is 15.7 Å². The minimum atomic E-state index is -3.40. The third-order valence-corrected chi connectivity index (χ3v) is 4.21. The molecule has 122 valence electrons. The fourth-order valence-corrected chi connectivity index (χ4v) is 2.59. The third-order valence-electron chi connectivity index (χ3n) is 3.10. The van der Waals surface area contributed by atoms with Crippen molar-refractivity contribution < 1.29 is 17.6 Å². The molecule has 2 heterocycles. The van der Waals surface area contributed by atoms with Gasteiger partial charge in [0.25, 0.3) is 5.91 Å². The number of carbonyl (C=O) groups excluding carboxylic acids is 1. The number of anilines is 1. The summed E-state index contributed by atoms with van der Waals surface area (Å²) in [4.78, 5) is 16.1. The van der Waals surface area contributed by atoms with E-state index in [4.69, 9.17) is 4.42 Å². The molecule has 0 radical (unpaired) electrons. The molecule has 0 saturated heterocycles. The van der Waals surface area contributed by atoms with Crippen LogP contribution in [0.15, 0.2) is 58.1 Å². The van der Waals surface area contributed by atoms with Crippen LogP contribution in [0.4, 0.5) is 6.01 Å². The minimum absolute atomic E-state index is 0.0538. The summed E-state index contributed by atoms with van der Waals surface area (Å²) in [7, 11) is -3.40. The Morgan fingerprint density at radius 3 is 2.58 bits per heavy atom. The lowest BCUT2D eigenvalue weighted by Crippen LogP contribution is -2.13. The summed E-state index contributed by atoms with van der Waals surface area (Å²) in [5.74, 6) is -0.317. The van der Waals surface area contributed by atoms with Crippen LogP contribution in [0, 0.1) is 0 Å². The SMILES string of the molecule is CS(=O)(=O)c1cccc(C(=O)Nc2nnc(-c3ccncc3)o2)c1. The van der Waals surface area contributed by atoms with Crippen LogP contribution < -0.4 is 5.32 Å². The second-order valence-electron chi connectivity index (χ2n) is 4.90. The van der Waals surface area contributed by atoms with Gasteiger partial charge >= 0.3 is 6.01 Å². The number of amides is 1. The molecule has 0 bridgehead atoms. The van der Waals surface area contributed by atoms with E-state index in [1.807, 2.05) is 0 Å². The van der Waals surface area contributed by atoms with Gasteiger partial charge in [0.2, 0.25) is 5.89 Å². The molecule has 0 saturated carbocycles. The van der Waals surface area contributed by atoms with E-state index >= 15 is 0 Å². The summed E-state index contributed by atoms with van der Waals surface area (Å²) in [5, 5.41) is 10.0. The molecule has 1 amide bonds. The zero-order chi connectivity index (χ0) is 17.2. The summed E-state index contributed by atoms with van der Waals surface area (Å²) >= 11 is 0. The van der Waals surface area contributed by atoms with Gasteiger partial charge in [-0.3, -0.25) is 15.1 Å². The summed E-state index contributed by atoms with van der Waals surface area (Å²) in [6.45, 7) is 0. The van der Waals surface area contributed by atoms with Crippen molar-refractivity contribution in [2.24, 2.45) is 0 Å². The molecule has 1 N–H and O–H groups in total. The highest BCUT2D eigenvalue weighted by atomic mass is 32.2. The maximum Gasteiger partial charge on any atom is 0.322 e. The van der Waals surface area contributed by atoms with E-state index in [-0.39, 0.29) is 22.4 Å². The molecule has 3 rings (SSSR count). The van der Waals surface area contributed by atoms with Crippen molar-refractivity contribution in [2.75, 3.05) is 11.6 Å². The Balaban J connectivity index is 1.80. The van der Waals surface area contributed by atoms with Gasteiger partial charge in [-0.15, -0.1) is 5.10 Å². The van der Waals surface area contributed by atoms with Crippen molar-refractivity contribution in [3.8, 4) is 11.5 Å². The van der Waals surface area contributed by atoms with E-state index in [0.717, 1.165) is 6.26 Å². The van der Waals surface area contributed by atoms with Crippen molar-refractivity contribution in [3.63, 3.8) is 0 Å². The van der Waals surface area contributed by atoms with Gasteiger partial charge in [-0.1, -0.05) is 11.2 Å². The molecule has 0 fully saturated rings. The van der Waals surface area contributed by atoms with Crippen LogP contribution in [0.25, 0.3) is 11.5 Å². The van der Waals surface area contributed by atoms with Gasteiger partial charge < -0.3 is 4.42 Å². The minimum Gasteiger partial charge on any atom is -0.403 e. The van der Waals surface area contributed by atoms with Gasteiger partial charge in [0, 0.05) is 29.8 Å². The Labute approximate surface area is 137 Å². The predicted molar refractivity (Wildman–Crippen MR) is 85.0 cm³/mol. The van der Waals surface area contributed by atoms with Crippen molar-refractivity contribution in [3.05, 3.63) is 54.4 Å². The molecule has 9 heteroatoms. The molecule has 0 aliphatic heterocycles. The van der Waals surface area contributed by atoms with Crippen molar-refractivity contribution >= 4 is 21.8 Å². The summed E-state index contributed by atoms with van der Waals surface area (Å²) in [5.41, 5.74) is 0.832. The largest absolute Gasteiger partial charge is 0.403 e. The van der Waals surface area contributed by atoms with Crippen LogP contribution in [0.3, 0.4) is 0 Å². The van der Waals surface area contributed by atoms with Crippen molar-refractivity contribution in [1.82, 2.24) is 15.2 Å². The molecule has 2 aromatic heterocycles. The van der Waals surface area contributed by atoms with E-state index in [0.29, 0.717) is 5.56 Å². The zero-order valence-corrected chi connectivity index (χ0v) is 13.3. The molecule has 0 atom stereocenters. The van der Waals surface area contributed by atoms with Crippen LogP contribution in [-0.2, 0) is 9.84 Å². The highest BCUT2D eigenvalue weighted by molar-refractivity contribution is 7.90. The van der Waals surface area contributed by atoms with E-state index in [1.165, 1.54) is 24.3 Å². The lowest BCUT2D eigenvalue weighted by Gasteiger charge is -2.03. The van der Waals surface area contributed by atoms with Gasteiger partial charge in [0.05, 0.1) is 4.90 Å². The molecule has 1 aromatic carbocycles. The van der Waals surface area contributed by atoms with Crippen LogP contribution in [0.5, 0.6) is 0 Å². The predicted octanol–water partition coefficient (Wildman–Crippen LogP) is 1.79. The lowest BCUT2D eigenvalue weighted by molar-refractivity contribution is 0.102. The van der Waals surface area contributed by atoms with Crippen molar-refractivity contribution in [2.45, 2.75) is 4.90 Å². The molecule has 3 aromatic rings.